The van der Waals surface area contributed by atoms with Crippen LogP contribution < -0.4 is 14.8 Å². The molecular weight excluding hydrogens is 427 g/mol. The van der Waals surface area contributed by atoms with Gasteiger partial charge in [-0.3, -0.25) is 4.79 Å². The Morgan fingerprint density at radius 2 is 1.78 bits per heavy atom. The SMILES string of the molecule is CCOc1ccc(-c2nc(CC(=O)Nc3c(F)cccc3Oc3ccccc3)cs2)cc1. The zero-order valence-corrected chi connectivity index (χ0v) is 18.2. The van der Waals surface area contributed by atoms with E-state index in [1.165, 1.54) is 23.5 Å². The maximum Gasteiger partial charge on any atom is 0.230 e. The van der Waals surface area contributed by atoms with Crippen molar-refractivity contribution in [3.8, 4) is 27.8 Å². The molecule has 32 heavy (non-hydrogen) atoms. The van der Waals surface area contributed by atoms with E-state index in [4.69, 9.17) is 9.47 Å². The summed E-state index contributed by atoms with van der Waals surface area (Å²) in [6, 6.07) is 21.1. The molecular formula is C25H21FN2O3S. The van der Waals surface area contributed by atoms with E-state index in [9.17, 15) is 9.18 Å². The van der Waals surface area contributed by atoms with Gasteiger partial charge in [-0.1, -0.05) is 24.3 Å². The maximum atomic E-state index is 14.4. The van der Waals surface area contributed by atoms with Crippen LogP contribution in [0.15, 0.2) is 78.2 Å². The molecule has 4 rings (SSSR count). The Hall–Kier alpha value is -3.71. The molecule has 7 heteroatoms. The van der Waals surface area contributed by atoms with Crippen LogP contribution in [0.4, 0.5) is 10.1 Å². The molecule has 1 N–H and O–H groups in total. The number of thiazole rings is 1. The molecule has 0 bridgehead atoms. The van der Waals surface area contributed by atoms with Gasteiger partial charge in [-0.15, -0.1) is 11.3 Å². The highest BCUT2D eigenvalue weighted by molar-refractivity contribution is 7.13. The number of halogens is 1. The fraction of sp³-hybridized carbons (Fsp3) is 0.120. The monoisotopic (exact) mass is 448 g/mol. The Labute approximate surface area is 189 Å². The number of ether oxygens (including phenoxy) is 2. The van der Waals surface area contributed by atoms with Crippen molar-refractivity contribution < 1.29 is 18.7 Å². The number of hydrogen-bond acceptors (Lipinski definition) is 5. The van der Waals surface area contributed by atoms with Gasteiger partial charge < -0.3 is 14.8 Å². The molecule has 0 radical (unpaired) electrons. The van der Waals surface area contributed by atoms with Crippen molar-refractivity contribution in [2.45, 2.75) is 13.3 Å². The van der Waals surface area contributed by atoms with E-state index in [0.29, 0.717) is 18.1 Å². The molecule has 4 aromatic rings. The van der Waals surface area contributed by atoms with Gasteiger partial charge in [0.2, 0.25) is 5.91 Å². The minimum Gasteiger partial charge on any atom is -0.494 e. The predicted molar refractivity (Wildman–Crippen MR) is 124 cm³/mol. The molecule has 3 aromatic carbocycles. The lowest BCUT2D eigenvalue weighted by molar-refractivity contribution is -0.115. The quantitative estimate of drug-likeness (QED) is 0.343. The van der Waals surface area contributed by atoms with Crippen LogP contribution in [0.25, 0.3) is 10.6 Å². The van der Waals surface area contributed by atoms with Crippen molar-refractivity contribution >= 4 is 22.9 Å². The molecule has 5 nitrogen and oxygen atoms in total. The first-order valence-electron chi connectivity index (χ1n) is 10.1. The van der Waals surface area contributed by atoms with E-state index in [1.807, 2.05) is 54.8 Å². The molecule has 0 aliphatic rings. The second-order valence-electron chi connectivity index (χ2n) is 6.85. The van der Waals surface area contributed by atoms with E-state index in [2.05, 4.69) is 10.3 Å². The first kappa shape index (κ1) is 21.5. The summed E-state index contributed by atoms with van der Waals surface area (Å²) < 4.78 is 25.7. The van der Waals surface area contributed by atoms with Crippen LogP contribution in [-0.4, -0.2) is 17.5 Å². The van der Waals surface area contributed by atoms with Crippen molar-refractivity contribution in [3.05, 3.63) is 89.7 Å². The number of amides is 1. The summed E-state index contributed by atoms with van der Waals surface area (Å²) in [6.45, 7) is 2.54. The Balaban J connectivity index is 1.44. The zero-order valence-electron chi connectivity index (χ0n) is 17.4. The summed E-state index contributed by atoms with van der Waals surface area (Å²) in [5, 5.41) is 5.26. The number of carbonyl (C=O) groups is 1. The molecule has 0 aliphatic heterocycles. The minimum atomic E-state index is -0.569. The van der Waals surface area contributed by atoms with Crippen LogP contribution in [0.5, 0.6) is 17.2 Å². The molecule has 0 unspecified atom stereocenters. The van der Waals surface area contributed by atoms with Gasteiger partial charge in [0, 0.05) is 10.9 Å². The maximum absolute atomic E-state index is 14.4. The number of nitrogens with one attached hydrogen (secondary N) is 1. The Kier molecular flexibility index (Phi) is 6.77. The number of rotatable bonds is 8. The molecule has 0 saturated heterocycles. The molecule has 0 atom stereocenters. The van der Waals surface area contributed by atoms with Crippen LogP contribution in [-0.2, 0) is 11.2 Å². The average molecular weight is 449 g/mol. The number of aromatic nitrogens is 1. The molecule has 0 aliphatic carbocycles. The third-order valence-electron chi connectivity index (χ3n) is 4.52. The van der Waals surface area contributed by atoms with Gasteiger partial charge in [0.15, 0.2) is 11.6 Å². The lowest BCUT2D eigenvalue weighted by atomic mass is 10.2. The van der Waals surface area contributed by atoms with Crippen molar-refractivity contribution in [1.29, 1.82) is 0 Å². The first-order valence-corrected chi connectivity index (χ1v) is 11.0. The standard InChI is InChI=1S/C25H21FN2O3S/c1-2-30-19-13-11-17(12-14-19)25-27-18(16-32-25)15-23(29)28-24-21(26)9-6-10-22(24)31-20-7-4-3-5-8-20/h3-14,16H,2,15H2,1H3,(H,28,29). The molecule has 162 valence electrons. The Bertz CT molecular complexity index is 1190. The zero-order chi connectivity index (χ0) is 22.3. The van der Waals surface area contributed by atoms with E-state index < -0.39 is 5.82 Å². The smallest absolute Gasteiger partial charge is 0.230 e. The topological polar surface area (TPSA) is 60.5 Å². The van der Waals surface area contributed by atoms with Crippen molar-refractivity contribution in [1.82, 2.24) is 4.98 Å². The summed E-state index contributed by atoms with van der Waals surface area (Å²) in [7, 11) is 0. The van der Waals surface area contributed by atoms with Gasteiger partial charge >= 0.3 is 0 Å². The normalized spacial score (nSPS) is 10.6. The van der Waals surface area contributed by atoms with Gasteiger partial charge in [-0.05, 0) is 55.5 Å². The third-order valence-corrected chi connectivity index (χ3v) is 5.46. The number of carbonyl (C=O) groups excluding carboxylic acids is 1. The van der Waals surface area contributed by atoms with Crippen molar-refractivity contribution in [2.24, 2.45) is 0 Å². The van der Waals surface area contributed by atoms with Gasteiger partial charge in [0.25, 0.3) is 0 Å². The largest absolute Gasteiger partial charge is 0.494 e. The highest BCUT2D eigenvalue weighted by Crippen LogP contribution is 2.32. The fourth-order valence-corrected chi connectivity index (χ4v) is 3.88. The van der Waals surface area contributed by atoms with Gasteiger partial charge in [-0.25, -0.2) is 9.37 Å². The highest BCUT2D eigenvalue weighted by Gasteiger charge is 2.16. The molecule has 1 aromatic heterocycles. The minimum absolute atomic E-state index is 0.00307. The number of benzene rings is 3. The molecule has 0 spiro atoms. The second-order valence-corrected chi connectivity index (χ2v) is 7.71. The van der Waals surface area contributed by atoms with Crippen molar-refractivity contribution in [3.63, 3.8) is 0 Å². The Morgan fingerprint density at radius 1 is 1.00 bits per heavy atom. The lowest BCUT2D eigenvalue weighted by Gasteiger charge is -2.13. The fourth-order valence-electron chi connectivity index (χ4n) is 3.06. The molecule has 0 saturated carbocycles. The summed E-state index contributed by atoms with van der Waals surface area (Å²) in [5.74, 6) is 0.633. The number of anilines is 1. The van der Waals surface area contributed by atoms with Gasteiger partial charge in [0.05, 0.1) is 18.7 Å². The lowest BCUT2D eigenvalue weighted by Crippen LogP contribution is -2.16. The number of para-hydroxylation sites is 2. The van der Waals surface area contributed by atoms with E-state index in [0.717, 1.165) is 16.3 Å². The second kappa shape index (κ2) is 10.1. The van der Waals surface area contributed by atoms with Crippen LogP contribution in [0.3, 0.4) is 0 Å². The van der Waals surface area contributed by atoms with E-state index >= 15 is 0 Å². The van der Waals surface area contributed by atoms with Crippen LogP contribution in [0.1, 0.15) is 12.6 Å². The van der Waals surface area contributed by atoms with Crippen molar-refractivity contribution in [2.75, 3.05) is 11.9 Å². The van der Waals surface area contributed by atoms with Crippen LogP contribution in [0.2, 0.25) is 0 Å². The number of nitrogens with zero attached hydrogens (tertiary/aromatic N) is 1. The molecule has 0 fully saturated rings. The summed E-state index contributed by atoms with van der Waals surface area (Å²) in [6.07, 6.45) is 0.0205. The molecule has 1 heterocycles. The average Bonchev–Trinajstić information content (AvgIpc) is 3.26. The Morgan fingerprint density at radius 3 is 2.53 bits per heavy atom. The van der Waals surface area contributed by atoms with Crippen LogP contribution >= 0.6 is 11.3 Å². The summed E-state index contributed by atoms with van der Waals surface area (Å²) in [5.41, 5.74) is 1.55. The van der Waals surface area contributed by atoms with Gasteiger partial charge in [0.1, 0.15) is 22.2 Å². The van der Waals surface area contributed by atoms with Crippen LogP contribution in [0, 0.1) is 5.82 Å². The molecule has 1 amide bonds. The highest BCUT2D eigenvalue weighted by atomic mass is 32.1. The van der Waals surface area contributed by atoms with E-state index in [1.54, 1.807) is 18.2 Å². The van der Waals surface area contributed by atoms with E-state index in [-0.39, 0.29) is 23.8 Å². The van der Waals surface area contributed by atoms with Gasteiger partial charge in [-0.2, -0.15) is 0 Å². The first-order chi connectivity index (χ1) is 15.6. The summed E-state index contributed by atoms with van der Waals surface area (Å²) in [4.78, 5) is 17.2. The number of hydrogen-bond donors (Lipinski definition) is 1. The third kappa shape index (κ3) is 5.31. The summed E-state index contributed by atoms with van der Waals surface area (Å²) >= 11 is 1.45. The predicted octanol–water partition coefficient (Wildman–Crippen LogP) is 6.32.